The van der Waals surface area contributed by atoms with E-state index in [2.05, 4.69) is 11.4 Å². The zero-order chi connectivity index (χ0) is 13.5. The molecule has 1 heterocycles. The molecule has 19 heavy (non-hydrogen) atoms. The highest BCUT2D eigenvalue weighted by Crippen LogP contribution is 2.19. The van der Waals surface area contributed by atoms with E-state index in [1.165, 1.54) is 0 Å². The Morgan fingerprint density at radius 1 is 1.42 bits per heavy atom. The molecule has 0 aliphatic carbocycles. The van der Waals surface area contributed by atoms with Gasteiger partial charge < -0.3 is 15.0 Å². The second-order valence-electron chi connectivity index (χ2n) is 4.81. The van der Waals surface area contributed by atoms with Crippen molar-refractivity contribution in [1.29, 1.82) is 0 Å². The van der Waals surface area contributed by atoms with Crippen LogP contribution in [0.2, 0.25) is 0 Å². The molecule has 1 aromatic rings. The summed E-state index contributed by atoms with van der Waals surface area (Å²) in [5.41, 5.74) is 0. The van der Waals surface area contributed by atoms with Gasteiger partial charge in [-0.1, -0.05) is 12.1 Å². The predicted molar refractivity (Wildman–Crippen MR) is 74.1 cm³/mol. The first-order valence-electron chi connectivity index (χ1n) is 6.91. The van der Waals surface area contributed by atoms with Gasteiger partial charge in [-0.2, -0.15) is 0 Å². The Kier molecular flexibility index (Phi) is 5.07. The summed E-state index contributed by atoms with van der Waals surface area (Å²) < 4.78 is 5.75. The lowest BCUT2D eigenvalue weighted by Crippen LogP contribution is -2.45. The van der Waals surface area contributed by atoms with E-state index < -0.39 is 0 Å². The van der Waals surface area contributed by atoms with Crippen molar-refractivity contribution in [1.82, 2.24) is 10.2 Å². The average molecular weight is 261 g/mol. The minimum Gasteiger partial charge on any atom is -0.493 e. The molecule has 1 N–H and O–H groups in total. The molecule has 0 atom stereocenters. The molecule has 1 aliphatic heterocycles. The van der Waals surface area contributed by atoms with Crippen molar-refractivity contribution >= 4 is 6.03 Å². The number of carbonyl (C=O) groups is 1. The van der Waals surface area contributed by atoms with Gasteiger partial charge in [-0.3, -0.25) is 0 Å². The predicted octanol–water partition coefficient (Wildman–Crippen LogP) is 2.31. The lowest BCUT2D eigenvalue weighted by atomic mass is 9.98. The van der Waals surface area contributed by atoms with E-state index in [0.29, 0.717) is 12.5 Å². The summed E-state index contributed by atoms with van der Waals surface area (Å²) in [6, 6.07) is 10.6. The first kappa shape index (κ1) is 13.7. The lowest BCUT2D eigenvalue weighted by molar-refractivity contribution is 0.145. The molecular formula is C15H21N2O2. The Balaban J connectivity index is 1.70. The van der Waals surface area contributed by atoms with Gasteiger partial charge in [0.15, 0.2) is 0 Å². The van der Waals surface area contributed by atoms with Crippen LogP contribution < -0.4 is 10.1 Å². The van der Waals surface area contributed by atoms with Crippen LogP contribution in [0.15, 0.2) is 24.3 Å². The van der Waals surface area contributed by atoms with Crippen molar-refractivity contribution in [3.05, 3.63) is 30.3 Å². The van der Waals surface area contributed by atoms with Gasteiger partial charge in [0, 0.05) is 19.6 Å². The largest absolute Gasteiger partial charge is 0.493 e. The Morgan fingerprint density at radius 2 is 2.11 bits per heavy atom. The smallest absolute Gasteiger partial charge is 0.317 e. The summed E-state index contributed by atoms with van der Waals surface area (Å²) in [5, 5.41) is 2.84. The molecule has 0 aromatic heterocycles. The van der Waals surface area contributed by atoms with Gasteiger partial charge in [-0.05, 0) is 43.9 Å². The molecule has 2 rings (SSSR count). The molecule has 0 unspecified atom stereocenters. The number of nitrogens with one attached hydrogen (secondary N) is 1. The SMILES string of the molecule is CCNC(=O)N1CCC(COc2cc[c]cc2)CC1. The number of ether oxygens (including phenoxy) is 1. The number of hydrogen-bond donors (Lipinski definition) is 1. The van der Waals surface area contributed by atoms with Gasteiger partial charge >= 0.3 is 6.03 Å². The van der Waals surface area contributed by atoms with E-state index in [-0.39, 0.29) is 6.03 Å². The van der Waals surface area contributed by atoms with Gasteiger partial charge in [0.25, 0.3) is 0 Å². The molecule has 2 amide bonds. The van der Waals surface area contributed by atoms with Crippen molar-refractivity contribution in [2.24, 2.45) is 5.92 Å². The minimum absolute atomic E-state index is 0.0560. The molecule has 1 aliphatic rings. The van der Waals surface area contributed by atoms with Crippen LogP contribution in [0, 0.1) is 12.0 Å². The molecule has 1 fully saturated rings. The van der Waals surface area contributed by atoms with Gasteiger partial charge in [0.1, 0.15) is 5.75 Å². The number of piperidine rings is 1. The first-order valence-corrected chi connectivity index (χ1v) is 6.91. The Morgan fingerprint density at radius 3 is 2.74 bits per heavy atom. The summed E-state index contributed by atoms with van der Waals surface area (Å²) in [6.07, 6.45) is 2.02. The third-order valence-electron chi connectivity index (χ3n) is 3.40. The Hall–Kier alpha value is -1.71. The second-order valence-corrected chi connectivity index (χ2v) is 4.81. The van der Waals surface area contributed by atoms with Crippen LogP contribution in [0.1, 0.15) is 19.8 Å². The molecule has 4 heteroatoms. The number of rotatable bonds is 4. The molecule has 0 saturated carbocycles. The van der Waals surface area contributed by atoms with Gasteiger partial charge in [0.2, 0.25) is 0 Å². The number of hydrogen-bond acceptors (Lipinski definition) is 2. The Bertz CT molecular complexity index is 386. The van der Waals surface area contributed by atoms with Gasteiger partial charge in [-0.15, -0.1) is 0 Å². The molecule has 0 bridgehead atoms. The number of amides is 2. The quantitative estimate of drug-likeness (QED) is 0.903. The van der Waals surface area contributed by atoms with Crippen molar-refractivity contribution in [3.8, 4) is 5.75 Å². The van der Waals surface area contributed by atoms with Crippen LogP contribution in [0.4, 0.5) is 4.79 Å². The third-order valence-corrected chi connectivity index (χ3v) is 3.40. The maximum absolute atomic E-state index is 11.7. The van der Waals surface area contributed by atoms with E-state index in [0.717, 1.165) is 38.3 Å². The lowest BCUT2D eigenvalue weighted by Gasteiger charge is -2.31. The summed E-state index contributed by atoms with van der Waals surface area (Å²) in [6.45, 7) is 5.00. The van der Waals surface area contributed by atoms with E-state index in [4.69, 9.17) is 4.74 Å². The Labute approximate surface area is 114 Å². The van der Waals surface area contributed by atoms with Crippen LogP contribution in [0.25, 0.3) is 0 Å². The zero-order valence-electron chi connectivity index (χ0n) is 11.4. The van der Waals surface area contributed by atoms with Crippen LogP contribution in [0.5, 0.6) is 5.75 Å². The summed E-state index contributed by atoms with van der Waals surface area (Å²) in [4.78, 5) is 13.6. The minimum atomic E-state index is 0.0560. The monoisotopic (exact) mass is 261 g/mol. The van der Waals surface area contributed by atoms with Crippen LogP contribution in [-0.4, -0.2) is 37.2 Å². The summed E-state index contributed by atoms with van der Waals surface area (Å²) >= 11 is 0. The van der Waals surface area contributed by atoms with Gasteiger partial charge in [0.05, 0.1) is 6.61 Å². The molecule has 1 saturated heterocycles. The number of urea groups is 1. The van der Waals surface area contributed by atoms with Crippen molar-refractivity contribution in [3.63, 3.8) is 0 Å². The fourth-order valence-electron chi connectivity index (χ4n) is 2.25. The summed E-state index contributed by atoms with van der Waals surface area (Å²) in [5.74, 6) is 1.43. The first-order chi connectivity index (χ1) is 9.29. The van der Waals surface area contributed by atoms with E-state index in [9.17, 15) is 4.79 Å². The van der Waals surface area contributed by atoms with E-state index in [1.807, 2.05) is 36.1 Å². The highest BCUT2D eigenvalue weighted by atomic mass is 16.5. The highest BCUT2D eigenvalue weighted by Gasteiger charge is 2.22. The fourth-order valence-corrected chi connectivity index (χ4v) is 2.25. The van der Waals surface area contributed by atoms with Crippen molar-refractivity contribution in [2.45, 2.75) is 19.8 Å². The van der Waals surface area contributed by atoms with Gasteiger partial charge in [-0.25, -0.2) is 4.79 Å². The van der Waals surface area contributed by atoms with Crippen molar-refractivity contribution < 1.29 is 9.53 Å². The molecule has 0 spiro atoms. The van der Waals surface area contributed by atoms with Crippen LogP contribution >= 0.6 is 0 Å². The molecular weight excluding hydrogens is 240 g/mol. The molecule has 103 valence electrons. The maximum atomic E-state index is 11.7. The second kappa shape index (κ2) is 7.02. The average Bonchev–Trinajstić information content (AvgIpc) is 2.47. The molecule has 1 aromatic carbocycles. The maximum Gasteiger partial charge on any atom is 0.317 e. The fraction of sp³-hybridized carbons (Fsp3) is 0.533. The van der Waals surface area contributed by atoms with E-state index in [1.54, 1.807) is 0 Å². The summed E-state index contributed by atoms with van der Waals surface area (Å²) in [7, 11) is 0. The van der Waals surface area contributed by atoms with Crippen LogP contribution in [0.3, 0.4) is 0 Å². The number of likely N-dealkylation sites (tertiary alicyclic amines) is 1. The molecule has 1 radical (unpaired) electrons. The number of carbonyl (C=O) groups excluding carboxylic acids is 1. The number of nitrogens with zero attached hydrogens (tertiary/aromatic N) is 1. The van der Waals surface area contributed by atoms with E-state index >= 15 is 0 Å². The van der Waals surface area contributed by atoms with Crippen molar-refractivity contribution in [2.75, 3.05) is 26.2 Å². The normalized spacial score (nSPS) is 16.2. The standard InChI is InChI=1S/C15H21N2O2/c1-2-16-15(18)17-10-8-13(9-11-17)12-19-14-6-4-3-5-7-14/h4-7,13H,2,8-12H2,1H3,(H,16,18). The number of benzene rings is 1. The topological polar surface area (TPSA) is 41.6 Å². The van der Waals surface area contributed by atoms with Crippen LogP contribution in [-0.2, 0) is 0 Å². The highest BCUT2D eigenvalue weighted by molar-refractivity contribution is 5.74. The molecule has 4 nitrogen and oxygen atoms in total. The zero-order valence-corrected chi connectivity index (χ0v) is 11.4. The third kappa shape index (κ3) is 4.16.